The molecule has 0 bridgehead atoms. The summed E-state index contributed by atoms with van der Waals surface area (Å²) in [5.74, 6) is 1.25. The Hall–Kier alpha value is -4.73. The van der Waals surface area contributed by atoms with Gasteiger partial charge in [-0.25, -0.2) is 18.4 Å². The molecule has 0 aliphatic carbocycles. The van der Waals surface area contributed by atoms with Gasteiger partial charge in [-0.3, -0.25) is 0 Å². The molecule has 10 heteroatoms. The fourth-order valence-electron chi connectivity index (χ4n) is 3.92. The zero-order chi connectivity index (χ0) is 23.9. The number of nitrogens with one attached hydrogen (secondary N) is 1. The zero-order valence-corrected chi connectivity index (χ0v) is 18.2. The highest BCUT2D eigenvalue weighted by molar-refractivity contribution is 5.99. The Balaban J connectivity index is 1.43. The van der Waals surface area contributed by atoms with Crippen molar-refractivity contribution < 1.29 is 18.3 Å². The molecule has 1 aliphatic rings. The molecule has 1 aliphatic heterocycles. The molecule has 0 saturated carbocycles. The van der Waals surface area contributed by atoms with Crippen molar-refractivity contribution >= 4 is 22.8 Å². The van der Waals surface area contributed by atoms with Gasteiger partial charge in [-0.1, -0.05) is 6.07 Å². The first-order valence-electron chi connectivity index (χ1n) is 10.8. The van der Waals surface area contributed by atoms with E-state index < -0.39 is 0 Å². The van der Waals surface area contributed by atoms with Crippen LogP contribution < -0.4 is 20.5 Å². The quantitative estimate of drug-likeness (QED) is 0.383. The number of benzene rings is 3. The van der Waals surface area contributed by atoms with E-state index in [1.54, 1.807) is 24.3 Å². The Kier molecular flexibility index (Phi) is 4.91. The number of hydrogen-bond donors (Lipinski definition) is 2. The normalized spacial score (nSPS) is 12.3. The minimum Gasteiger partial charge on any atom is -0.454 e. The Morgan fingerprint density at radius 1 is 0.886 bits per heavy atom. The van der Waals surface area contributed by atoms with Gasteiger partial charge >= 0.3 is 0 Å². The van der Waals surface area contributed by atoms with E-state index in [9.17, 15) is 8.78 Å². The molecule has 5 aromatic rings. The molecule has 35 heavy (non-hydrogen) atoms. The first-order chi connectivity index (χ1) is 17.0. The number of aromatic nitrogens is 4. The summed E-state index contributed by atoms with van der Waals surface area (Å²) in [6.07, 6.45) is 0. The van der Waals surface area contributed by atoms with E-state index in [0.717, 1.165) is 5.56 Å². The van der Waals surface area contributed by atoms with Crippen LogP contribution in [0.25, 0.3) is 28.0 Å². The molecule has 0 spiro atoms. The Labute approximate surface area is 198 Å². The van der Waals surface area contributed by atoms with E-state index >= 15 is 0 Å². The highest BCUT2D eigenvalue weighted by Crippen LogP contribution is 2.34. The van der Waals surface area contributed by atoms with Crippen LogP contribution in [0.5, 0.6) is 11.5 Å². The van der Waals surface area contributed by atoms with Crippen LogP contribution in [-0.4, -0.2) is 26.5 Å². The first-order valence-corrected chi connectivity index (χ1v) is 10.8. The van der Waals surface area contributed by atoms with Gasteiger partial charge in [-0.15, -0.1) is 5.10 Å². The third kappa shape index (κ3) is 3.84. The maximum atomic E-state index is 13.6. The topological polar surface area (TPSA) is 100 Å². The van der Waals surface area contributed by atoms with Gasteiger partial charge in [0.25, 0.3) is 0 Å². The molecule has 0 unspecified atom stereocenters. The molecule has 0 amide bonds. The number of halogens is 2. The molecular formula is C25H18F2N6O2. The molecular weight excluding hydrogens is 454 g/mol. The molecule has 2 aromatic heterocycles. The summed E-state index contributed by atoms with van der Waals surface area (Å²) in [5, 5.41) is 8.26. The van der Waals surface area contributed by atoms with Crippen LogP contribution in [-0.2, 0) is 6.54 Å². The lowest BCUT2D eigenvalue weighted by Gasteiger charge is -2.09. The SMILES string of the molecule is Nc1c2c(-c3ccc(F)cc3)nc(NCc3ccc4c(c3)OCO4)nc2nn1-c1ccc(F)cc1. The van der Waals surface area contributed by atoms with Crippen LogP contribution in [0.3, 0.4) is 0 Å². The van der Waals surface area contributed by atoms with E-state index in [0.29, 0.717) is 52.0 Å². The highest BCUT2D eigenvalue weighted by atomic mass is 19.1. The van der Waals surface area contributed by atoms with Crippen LogP contribution in [0.4, 0.5) is 20.5 Å². The van der Waals surface area contributed by atoms with Crippen molar-refractivity contribution in [3.63, 3.8) is 0 Å². The number of fused-ring (bicyclic) bond motifs is 2. The van der Waals surface area contributed by atoms with E-state index in [-0.39, 0.29) is 24.2 Å². The zero-order valence-electron chi connectivity index (χ0n) is 18.2. The average molecular weight is 472 g/mol. The Morgan fingerprint density at radius 3 is 2.37 bits per heavy atom. The van der Waals surface area contributed by atoms with Gasteiger partial charge in [0.15, 0.2) is 17.1 Å². The number of rotatable bonds is 5. The van der Waals surface area contributed by atoms with Crippen molar-refractivity contribution in [3.05, 3.63) is 83.9 Å². The Bertz CT molecular complexity index is 1550. The van der Waals surface area contributed by atoms with Gasteiger partial charge in [-0.2, -0.15) is 4.98 Å². The number of nitrogens with two attached hydrogens (primary N) is 1. The van der Waals surface area contributed by atoms with E-state index in [1.807, 2.05) is 18.2 Å². The minimum atomic E-state index is -0.370. The molecule has 174 valence electrons. The van der Waals surface area contributed by atoms with Crippen LogP contribution >= 0.6 is 0 Å². The second-order valence-electron chi connectivity index (χ2n) is 7.92. The van der Waals surface area contributed by atoms with Crippen molar-refractivity contribution in [1.29, 1.82) is 0 Å². The van der Waals surface area contributed by atoms with E-state index in [4.69, 9.17) is 15.2 Å². The molecule has 6 rings (SSSR count). The minimum absolute atomic E-state index is 0.200. The maximum Gasteiger partial charge on any atom is 0.231 e. The van der Waals surface area contributed by atoms with Crippen molar-refractivity contribution in [2.75, 3.05) is 17.8 Å². The number of anilines is 2. The third-order valence-electron chi connectivity index (χ3n) is 5.65. The summed E-state index contributed by atoms with van der Waals surface area (Å²) in [7, 11) is 0. The van der Waals surface area contributed by atoms with Crippen molar-refractivity contribution in [3.8, 4) is 28.4 Å². The molecule has 3 heterocycles. The standard InChI is InChI=1S/C25H18F2N6O2/c26-16-4-2-15(3-5-16)22-21-23(28)33(18-8-6-17(27)7-9-18)32-24(21)31-25(30-22)29-12-14-1-10-19-20(11-14)35-13-34-19/h1-11H,12-13,28H2,(H,29,31,32). The molecule has 0 fully saturated rings. The number of nitrogen functional groups attached to an aromatic ring is 1. The fourth-order valence-corrected chi connectivity index (χ4v) is 3.92. The van der Waals surface area contributed by atoms with Crippen LogP contribution in [0.1, 0.15) is 5.56 Å². The number of hydrogen-bond acceptors (Lipinski definition) is 7. The lowest BCUT2D eigenvalue weighted by atomic mass is 10.1. The molecule has 0 radical (unpaired) electrons. The van der Waals surface area contributed by atoms with Crippen LogP contribution in [0.15, 0.2) is 66.7 Å². The van der Waals surface area contributed by atoms with Gasteiger partial charge in [0.2, 0.25) is 12.7 Å². The van der Waals surface area contributed by atoms with Gasteiger partial charge in [0, 0.05) is 12.1 Å². The Morgan fingerprint density at radius 2 is 1.60 bits per heavy atom. The summed E-state index contributed by atoms with van der Waals surface area (Å²) in [4.78, 5) is 9.23. The molecule has 3 aromatic carbocycles. The second kappa shape index (κ2) is 8.24. The smallest absolute Gasteiger partial charge is 0.231 e. The van der Waals surface area contributed by atoms with Gasteiger partial charge in [-0.05, 0) is 66.2 Å². The van der Waals surface area contributed by atoms with Crippen molar-refractivity contribution in [2.24, 2.45) is 0 Å². The lowest BCUT2D eigenvalue weighted by Crippen LogP contribution is -2.05. The predicted octanol–water partition coefficient (Wildman–Crippen LogP) is 4.68. The second-order valence-corrected chi connectivity index (χ2v) is 7.92. The summed E-state index contributed by atoms with van der Waals surface area (Å²) in [6, 6.07) is 17.4. The maximum absolute atomic E-state index is 13.6. The number of ether oxygens (including phenoxy) is 2. The van der Waals surface area contributed by atoms with Gasteiger partial charge in [0.05, 0.1) is 16.8 Å². The lowest BCUT2D eigenvalue weighted by molar-refractivity contribution is 0.174. The summed E-state index contributed by atoms with van der Waals surface area (Å²) >= 11 is 0. The monoisotopic (exact) mass is 472 g/mol. The van der Waals surface area contributed by atoms with Crippen molar-refractivity contribution in [2.45, 2.75) is 6.54 Å². The molecule has 3 N–H and O–H groups in total. The summed E-state index contributed by atoms with van der Waals surface area (Å²) in [6.45, 7) is 0.615. The largest absolute Gasteiger partial charge is 0.454 e. The average Bonchev–Trinajstić information content (AvgIpc) is 3.47. The van der Waals surface area contributed by atoms with Crippen molar-refractivity contribution in [1.82, 2.24) is 19.7 Å². The summed E-state index contributed by atoms with van der Waals surface area (Å²) < 4.78 is 39.3. The van der Waals surface area contributed by atoms with E-state index in [2.05, 4.69) is 20.4 Å². The van der Waals surface area contributed by atoms with Gasteiger partial charge in [0.1, 0.15) is 17.5 Å². The highest BCUT2D eigenvalue weighted by Gasteiger charge is 2.20. The molecule has 8 nitrogen and oxygen atoms in total. The predicted molar refractivity (Wildman–Crippen MR) is 126 cm³/mol. The molecule has 0 atom stereocenters. The first kappa shape index (κ1) is 20.8. The van der Waals surface area contributed by atoms with Crippen LogP contribution in [0.2, 0.25) is 0 Å². The van der Waals surface area contributed by atoms with E-state index in [1.165, 1.54) is 28.9 Å². The fraction of sp³-hybridized carbons (Fsp3) is 0.0800. The molecule has 0 saturated heterocycles. The van der Waals surface area contributed by atoms with Gasteiger partial charge < -0.3 is 20.5 Å². The number of nitrogens with zero attached hydrogens (tertiary/aromatic N) is 4. The third-order valence-corrected chi connectivity index (χ3v) is 5.65. The summed E-state index contributed by atoms with van der Waals surface area (Å²) in [5.41, 5.74) is 9.45. The van der Waals surface area contributed by atoms with Crippen LogP contribution in [0, 0.1) is 11.6 Å².